The number of aromatic nitrogens is 2. The molecule has 8 nitrogen and oxygen atoms in total. The number of carbonyl (C=O) groups is 1. The zero-order valence-corrected chi connectivity index (χ0v) is 26.3. The summed E-state index contributed by atoms with van der Waals surface area (Å²) in [6, 6.07) is 9.00. The first-order chi connectivity index (χ1) is 20.7. The predicted octanol–water partition coefficient (Wildman–Crippen LogP) is 8.81. The third-order valence-electron chi connectivity index (χ3n) is 8.84. The maximum atomic E-state index is 11.7. The molecule has 3 aliphatic rings. The molecule has 2 aromatic heterocycles. The van der Waals surface area contributed by atoms with Crippen LogP contribution in [0.2, 0.25) is 10.0 Å². The van der Waals surface area contributed by atoms with Gasteiger partial charge in [0.1, 0.15) is 22.7 Å². The number of thiazole rings is 1. The molecule has 7 rings (SSSR count). The number of ether oxygens (including phenoxy) is 2. The quantitative estimate of drug-likeness (QED) is 0.177. The van der Waals surface area contributed by atoms with Gasteiger partial charge in [0, 0.05) is 23.1 Å². The standard InChI is InChI=1S/C32H33Cl2N3O5S/c1-15(2)41-24-12-19(31(38)39)13-25-29(24)36-32(43-25)35-27-17-8-9-18(27)11-20(10-17)40-14-21-28(37-42-30(21)16-6-7-16)26-22(33)4-3-5-23(26)34/h3-5,12-13,15-18,20,27H,6-11,14H2,1-2H3,(H,35,36)(H,38,39)/t17-,18+,20+,27+. The van der Waals surface area contributed by atoms with E-state index in [1.54, 1.807) is 12.1 Å². The number of fused-ring (bicyclic) bond motifs is 3. The molecule has 0 aliphatic heterocycles. The van der Waals surface area contributed by atoms with Crippen LogP contribution in [-0.2, 0) is 11.3 Å². The van der Waals surface area contributed by atoms with Gasteiger partial charge in [0.05, 0.1) is 39.1 Å². The van der Waals surface area contributed by atoms with E-state index in [0.717, 1.165) is 59.7 Å². The fourth-order valence-electron chi connectivity index (χ4n) is 6.76. The molecule has 0 radical (unpaired) electrons. The van der Waals surface area contributed by atoms with E-state index in [9.17, 15) is 9.90 Å². The van der Waals surface area contributed by atoms with E-state index < -0.39 is 5.97 Å². The highest BCUT2D eigenvalue weighted by Gasteiger charge is 2.44. The van der Waals surface area contributed by atoms with Gasteiger partial charge < -0.3 is 24.4 Å². The number of carboxylic acids is 1. The van der Waals surface area contributed by atoms with Crippen molar-refractivity contribution in [1.82, 2.24) is 10.1 Å². The average molecular weight is 643 g/mol. The first-order valence-electron chi connectivity index (χ1n) is 14.9. The first kappa shape index (κ1) is 28.9. The van der Waals surface area contributed by atoms with Crippen molar-refractivity contribution in [2.75, 3.05) is 5.32 Å². The number of hydrogen-bond acceptors (Lipinski definition) is 8. The lowest BCUT2D eigenvalue weighted by Gasteiger charge is -2.35. The van der Waals surface area contributed by atoms with Gasteiger partial charge in [-0.15, -0.1) is 0 Å². The van der Waals surface area contributed by atoms with Crippen molar-refractivity contribution in [2.24, 2.45) is 11.8 Å². The lowest BCUT2D eigenvalue weighted by Crippen LogP contribution is -2.39. The fourth-order valence-corrected chi connectivity index (χ4v) is 8.31. The van der Waals surface area contributed by atoms with Crippen molar-refractivity contribution in [3.05, 3.63) is 57.3 Å². The number of rotatable bonds is 10. The second-order valence-electron chi connectivity index (χ2n) is 12.2. The van der Waals surface area contributed by atoms with Crippen LogP contribution in [0.15, 0.2) is 34.9 Å². The van der Waals surface area contributed by atoms with E-state index >= 15 is 0 Å². The van der Waals surface area contributed by atoms with Gasteiger partial charge in [-0.25, -0.2) is 9.78 Å². The van der Waals surface area contributed by atoms with Crippen LogP contribution >= 0.6 is 34.5 Å². The highest BCUT2D eigenvalue weighted by atomic mass is 35.5. The van der Waals surface area contributed by atoms with Crippen LogP contribution in [0.1, 0.15) is 80.0 Å². The smallest absolute Gasteiger partial charge is 0.335 e. The number of benzene rings is 2. The summed E-state index contributed by atoms with van der Waals surface area (Å²) < 4.78 is 19.2. The van der Waals surface area contributed by atoms with E-state index in [0.29, 0.717) is 63.0 Å². The summed E-state index contributed by atoms with van der Waals surface area (Å²) in [5.41, 5.74) is 3.23. The Morgan fingerprint density at radius 3 is 2.51 bits per heavy atom. The Bertz CT molecular complexity index is 1650. The minimum Gasteiger partial charge on any atom is -0.489 e. The predicted molar refractivity (Wildman–Crippen MR) is 168 cm³/mol. The van der Waals surface area contributed by atoms with E-state index in [-0.39, 0.29) is 17.8 Å². The number of nitrogens with one attached hydrogen (secondary N) is 1. The van der Waals surface area contributed by atoms with Gasteiger partial charge >= 0.3 is 5.97 Å². The zero-order chi connectivity index (χ0) is 29.8. The zero-order valence-electron chi connectivity index (χ0n) is 23.9. The molecule has 0 saturated heterocycles. The topological polar surface area (TPSA) is 107 Å². The minimum absolute atomic E-state index is 0.0904. The Kier molecular flexibility index (Phi) is 7.78. The van der Waals surface area contributed by atoms with Crippen molar-refractivity contribution in [3.63, 3.8) is 0 Å². The SMILES string of the molecule is CC(C)Oc1cc(C(=O)O)cc2sc(N[C@H]3[C@@H]4CC[C@H]3C[C@@H](OCc3c(-c5c(Cl)cccc5Cl)noc3C3CC3)C4)nc12. The molecule has 226 valence electrons. The van der Waals surface area contributed by atoms with Crippen LogP contribution in [0.3, 0.4) is 0 Å². The Labute approximate surface area is 263 Å². The van der Waals surface area contributed by atoms with Gasteiger partial charge in [-0.3, -0.25) is 0 Å². The van der Waals surface area contributed by atoms with E-state index in [4.69, 9.17) is 42.2 Å². The van der Waals surface area contributed by atoms with Crippen LogP contribution < -0.4 is 10.1 Å². The molecule has 11 heteroatoms. The molecular formula is C32H33Cl2N3O5S. The summed E-state index contributed by atoms with van der Waals surface area (Å²) in [5, 5.41) is 19.6. The summed E-state index contributed by atoms with van der Waals surface area (Å²) >= 11 is 14.6. The summed E-state index contributed by atoms with van der Waals surface area (Å²) in [7, 11) is 0. The maximum absolute atomic E-state index is 11.7. The third-order valence-corrected chi connectivity index (χ3v) is 10.4. The molecular weight excluding hydrogens is 609 g/mol. The molecule has 4 atom stereocenters. The Morgan fingerprint density at radius 2 is 1.86 bits per heavy atom. The van der Waals surface area contributed by atoms with Crippen molar-refractivity contribution < 1.29 is 23.9 Å². The monoisotopic (exact) mass is 641 g/mol. The van der Waals surface area contributed by atoms with Crippen molar-refractivity contribution in [1.29, 1.82) is 0 Å². The first-order valence-corrected chi connectivity index (χ1v) is 16.5. The molecule has 3 aliphatic carbocycles. The minimum atomic E-state index is -0.979. The summed E-state index contributed by atoms with van der Waals surface area (Å²) in [6.07, 6.45) is 6.41. The Balaban J connectivity index is 1.06. The lowest BCUT2D eigenvalue weighted by molar-refractivity contribution is -0.00447. The van der Waals surface area contributed by atoms with Gasteiger partial charge in [-0.1, -0.05) is 45.8 Å². The molecule has 2 heterocycles. The number of carboxylic acid groups (broad SMARTS) is 1. The highest BCUT2D eigenvalue weighted by molar-refractivity contribution is 7.22. The van der Waals surface area contributed by atoms with Gasteiger partial charge in [0.25, 0.3) is 0 Å². The number of halogens is 2. The molecule has 2 aromatic carbocycles. The van der Waals surface area contributed by atoms with E-state index in [1.165, 1.54) is 11.3 Å². The largest absolute Gasteiger partial charge is 0.489 e. The van der Waals surface area contributed by atoms with E-state index in [1.807, 2.05) is 32.0 Å². The van der Waals surface area contributed by atoms with Gasteiger partial charge in [-0.05, 0) is 88.5 Å². The summed E-state index contributed by atoms with van der Waals surface area (Å²) in [6.45, 7) is 4.26. The highest BCUT2D eigenvalue weighted by Crippen LogP contribution is 2.48. The molecule has 0 spiro atoms. The van der Waals surface area contributed by atoms with Gasteiger partial charge in [0.15, 0.2) is 5.13 Å². The number of hydrogen-bond donors (Lipinski definition) is 2. The maximum Gasteiger partial charge on any atom is 0.335 e. The van der Waals surface area contributed by atoms with Gasteiger partial charge in [-0.2, -0.15) is 0 Å². The lowest BCUT2D eigenvalue weighted by atomic mass is 9.82. The average Bonchev–Trinajstić information content (AvgIpc) is 3.52. The second kappa shape index (κ2) is 11.6. The van der Waals surface area contributed by atoms with Crippen LogP contribution in [-0.4, -0.2) is 39.5 Å². The normalized spacial score (nSPS) is 23.3. The summed E-state index contributed by atoms with van der Waals surface area (Å²) in [5.74, 6) is 1.72. The third kappa shape index (κ3) is 5.72. The number of anilines is 1. The number of aromatic carboxylic acids is 1. The molecule has 3 fully saturated rings. The second-order valence-corrected chi connectivity index (χ2v) is 14.1. The van der Waals surface area contributed by atoms with Crippen LogP contribution in [0.5, 0.6) is 5.75 Å². The molecule has 2 N–H and O–H groups in total. The van der Waals surface area contributed by atoms with Crippen LogP contribution in [0.4, 0.5) is 5.13 Å². The Hall–Kier alpha value is -2.85. The van der Waals surface area contributed by atoms with Crippen LogP contribution in [0.25, 0.3) is 21.5 Å². The molecule has 43 heavy (non-hydrogen) atoms. The van der Waals surface area contributed by atoms with Crippen molar-refractivity contribution >= 4 is 55.9 Å². The summed E-state index contributed by atoms with van der Waals surface area (Å²) in [4.78, 5) is 16.6. The van der Waals surface area contributed by atoms with E-state index in [2.05, 4.69) is 10.5 Å². The van der Waals surface area contributed by atoms with Crippen molar-refractivity contribution in [3.8, 4) is 17.0 Å². The molecule has 4 aromatic rings. The molecule has 0 unspecified atom stereocenters. The Morgan fingerprint density at radius 1 is 1.14 bits per heavy atom. The molecule has 3 saturated carbocycles. The number of nitrogens with zero attached hydrogens (tertiary/aromatic N) is 2. The molecule has 0 amide bonds. The van der Waals surface area contributed by atoms with Crippen LogP contribution in [0, 0.1) is 11.8 Å². The fraction of sp³-hybridized carbons (Fsp3) is 0.469. The van der Waals surface area contributed by atoms with Crippen molar-refractivity contribution in [2.45, 2.75) is 83.1 Å². The molecule has 2 bridgehead atoms. The van der Waals surface area contributed by atoms with Gasteiger partial charge in [0.2, 0.25) is 0 Å².